The number of piperidine rings is 2. The smallest absolute Gasteiger partial charge is 0.253 e. The number of hydrogen-bond donors (Lipinski definition) is 1. The van der Waals surface area contributed by atoms with Gasteiger partial charge in [-0.15, -0.1) is 0 Å². The summed E-state index contributed by atoms with van der Waals surface area (Å²) in [6.07, 6.45) is 4.23. The van der Waals surface area contributed by atoms with Gasteiger partial charge in [-0.05, 0) is 55.2 Å². The van der Waals surface area contributed by atoms with Crippen LogP contribution in [0.15, 0.2) is 24.3 Å². The molecule has 0 aromatic heterocycles. The summed E-state index contributed by atoms with van der Waals surface area (Å²) < 4.78 is 6.22. The van der Waals surface area contributed by atoms with Crippen molar-refractivity contribution >= 4 is 5.91 Å². The molecule has 1 N–H and O–H groups in total. The average Bonchev–Trinajstić information content (AvgIpc) is 2.68. The molecule has 0 radical (unpaired) electrons. The third kappa shape index (κ3) is 5.95. The summed E-state index contributed by atoms with van der Waals surface area (Å²) in [6.45, 7) is 11.7. The molecule has 0 aliphatic carbocycles. The molecule has 1 amide bonds. The first-order valence-electron chi connectivity index (χ1n) is 10.7. The summed E-state index contributed by atoms with van der Waals surface area (Å²) in [5.41, 5.74) is 1.01. The lowest BCUT2D eigenvalue weighted by atomic mass is 9.94. The van der Waals surface area contributed by atoms with Gasteiger partial charge in [0.1, 0.15) is 11.9 Å². The third-order valence-corrected chi connectivity index (χ3v) is 5.68. The summed E-state index contributed by atoms with van der Waals surface area (Å²) >= 11 is 0. The third-order valence-electron chi connectivity index (χ3n) is 5.68. The number of rotatable bonds is 5. The Morgan fingerprint density at radius 1 is 1.18 bits per heavy atom. The van der Waals surface area contributed by atoms with Gasteiger partial charge in [0.2, 0.25) is 0 Å². The second kappa shape index (κ2) is 9.27. The highest BCUT2D eigenvalue weighted by Crippen LogP contribution is 2.24. The average molecular weight is 389 g/mol. The van der Waals surface area contributed by atoms with Gasteiger partial charge >= 0.3 is 0 Å². The van der Waals surface area contributed by atoms with Gasteiger partial charge in [-0.1, -0.05) is 26.8 Å². The Bertz CT molecular complexity index is 647. The molecule has 2 aliphatic rings. The van der Waals surface area contributed by atoms with Gasteiger partial charge in [-0.3, -0.25) is 4.79 Å². The Balaban J connectivity index is 1.55. The molecule has 2 fully saturated rings. The van der Waals surface area contributed by atoms with Gasteiger partial charge in [0.15, 0.2) is 0 Å². The highest BCUT2D eigenvalue weighted by atomic mass is 16.5. The molecule has 2 heterocycles. The first-order valence-corrected chi connectivity index (χ1v) is 10.7. The van der Waals surface area contributed by atoms with E-state index in [1.165, 1.54) is 0 Å². The van der Waals surface area contributed by atoms with Crippen molar-refractivity contribution in [3.63, 3.8) is 0 Å². The maximum atomic E-state index is 12.9. The molecule has 2 saturated heterocycles. The molecule has 0 bridgehead atoms. The number of likely N-dealkylation sites (tertiary alicyclic amines) is 2. The molecule has 1 aromatic rings. The van der Waals surface area contributed by atoms with E-state index in [1.54, 1.807) is 0 Å². The zero-order chi connectivity index (χ0) is 20.1. The van der Waals surface area contributed by atoms with Crippen LogP contribution in [0.4, 0.5) is 0 Å². The molecule has 156 valence electrons. The Kier molecular flexibility index (Phi) is 7.00. The van der Waals surface area contributed by atoms with Crippen molar-refractivity contribution in [1.29, 1.82) is 0 Å². The quantitative estimate of drug-likeness (QED) is 0.840. The molecule has 5 heteroatoms. The van der Waals surface area contributed by atoms with Gasteiger partial charge in [-0.2, -0.15) is 0 Å². The van der Waals surface area contributed by atoms with Crippen molar-refractivity contribution < 1.29 is 14.6 Å². The number of carbonyl (C=O) groups excluding carboxylic acids is 1. The van der Waals surface area contributed by atoms with E-state index < -0.39 is 0 Å². The van der Waals surface area contributed by atoms with Crippen LogP contribution < -0.4 is 4.74 Å². The first-order chi connectivity index (χ1) is 13.3. The van der Waals surface area contributed by atoms with E-state index in [0.29, 0.717) is 17.5 Å². The molecule has 5 nitrogen and oxygen atoms in total. The van der Waals surface area contributed by atoms with Crippen LogP contribution in [0.2, 0.25) is 0 Å². The van der Waals surface area contributed by atoms with Crippen LogP contribution in [0, 0.1) is 11.3 Å². The van der Waals surface area contributed by atoms with Crippen LogP contribution in [0.3, 0.4) is 0 Å². The fourth-order valence-corrected chi connectivity index (χ4v) is 4.33. The topological polar surface area (TPSA) is 53.0 Å². The predicted octanol–water partition coefficient (Wildman–Crippen LogP) is 3.42. The van der Waals surface area contributed by atoms with Gasteiger partial charge in [0.05, 0.1) is 0 Å². The van der Waals surface area contributed by atoms with E-state index in [1.807, 2.05) is 29.2 Å². The SMILES string of the molecule is CC(C)(C)CN1CCC(Oc2cccc(C(=O)N3CCC[C@H](CO)C3)c2)CC1. The van der Waals surface area contributed by atoms with E-state index in [4.69, 9.17) is 4.74 Å². The lowest BCUT2D eigenvalue weighted by Crippen LogP contribution is -2.42. The van der Waals surface area contributed by atoms with Crippen molar-refractivity contribution in [2.45, 2.75) is 52.6 Å². The standard InChI is InChI=1S/C23H36N2O3/c1-23(2,3)17-24-12-9-20(10-13-24)28-21-8-4-7-19(14-21)22(27)25-11-5-6-18(15-25)16-26/h4,7-8,14,18,20,26H,5-6,9-13,15-17H2,1-3H3/t18-/m0/s1. The van der Waals surface area contributed by atoms with E-state index >= 15 is 0 Å². The van der Waals surface area contributed by atoms with Crippen LogP contribution in [0.1, 0.15) is 56.8 Å². The van der Waals surface area contributed by atoms with E-state index in [-0.39, 0.29) is 24.5 Å². The molecule has 3 rings (SSSR count). The van der Waals surface area contributed by atoms with E-state index in [2.05, 4.69) is 25.7 Å². The highest BCUT2D eigenvalue weighted by Gasteiger charge is 2.26. The van der Waals surface area contributed by atoms with E-state index in [9.17, 15) is 9.90 Å². The lowest BCUT2D eigenvalue weighted by molar-refractivity contribution is 0.0618. The van der Waals surface area contributed by atoms with Crippen molar-refractivity contribution in [2.24, 2.45) is 11.3 Å². The second-order valence-electron chi connectivity index (χ2n) is 9.62. The number of nitrogens with zero attached hydrogens (tertiary/aromatic N) is 2. The Morgan fingerprint density at radius 3 is 2.61 bits per heavy atom. The van der Waals surface area contributed by atoms with Gasteiger partial charge < -0.3 is 19.6 Å². The van der Waals surface area contributed by atoms with Crippen LogP contribution in [-0.4, -0.2) is 66.2 Å². The van der Waals surface area contributed by atoms with Crippen LogP contribution in [0.25, 0.3) is 0 Å². The van der Waals surface area contributed by atoms with Crippen molar-refractivity contribution in [3.05, 3.63) is 29.8 Å². The number of aliphatic hydroxyl groups is 1. The van der Waals surface area contributed by atoms with Crippen LogP contribution >= 0.6 is 0 Å². The normalized spacial score (nSPS) is 22.3. The molecular weight excluding hydrogens is 352 g/mol. The zero-order valence-corrected chi connectivity index (χ0v) is 17.7. The summed E-state index contributed by atoms with van der Waals surface area (Å²) in [5.74, 6) is 1.04. The van der Waals surface area contributed by atoms with Crippen molar-refractivity contribution in [2.75, 3.05) is 39.3 Å². The zero-order valence-electron chi connectivity index (χ0n) is 17.7. The first kappa shape index (κ1) is 21.1. The number of ether oxygens (including phenoxy) is 1. The fourth-order valence-electron chi connectivity index (χ4n) is 4.33. The Hall–Kier alpha value is -1.59. The van der Waals surface area contributed by atoms with Gasteiger partial charge in [-0.25, -0.2) is 0 Å². The second-order valence-corrected chi connectivity index (χ2v) is 9.62. The molecule has 28 heavy (non-hydrogen) atoms. The largest absolute Gasteiger partial charge is 0.490 e. The molecule has 1 aromatic carbocycles. The minimum atomic E-state index is 0.0450. The highest BCUT2D eigenvalue weighted by molar-refractivity contribution is 5.94. The Labute approximate surface area is 169 Å². The summed E-state index contributed by atoms with van der Waals surface area (Å²) in [4.78, 5) is 17.3. The lowest BCUT2D eigenvalue weighted by Gasteiger charge is -2.36. The Morgan fingerprint density at radius 2 is 1.93 bits per heavy atom. The number of aliphatic hydroxyl groups excluding tert-OH is 1. The van der Waals surface area contributed by atoms with Crippen LogP contribution in [0.5, 0.6) is 5.75 Å². The molecule has 0 spiro atoms. The summed E-state index contributed by atoms with van der Waals surface area (Å²) in [6, 6.07) is 7.60. The number of benzene rings is 1. The number of amides is 1. The predicted molar refractivity (Wildman–Crippen MR) is 112 cm³/mol. The number of carbonyl (C=O) groups is 1. The van der Waals surface area contributed by atoms with Crippen molar-refractivity contribution in [1.82, 2.24) is 9.80 Å². The maximum Gasteiger partial charge on any atom is 0.253 e. The minimum absolute atomic E-state index is 0.0450. The molecule has 0 saturated carbocycles. The molecule has 1 atom stereocenters. The minimum Gasteiger partial charge on any atom is -0.490 e. The van der Waals surface area contributed by atoms with E-state index in [0.717, 1.165) is 57.6 Å². The molecule has 2 aliphatic heterocycles. The van der Waals surface area contributed by atoms with Gasteiger partial charge in [0.25, 0.3) is 5.91 Å². The van der Waals surface area contributed by atoms with Crippen molar-refractivity contribution in [3.8, 4) is 5.75 Å². The molecule has 0 unspecified atom stereocenters. The van der Waals surface area contributed by atoms with Crippen LogP contribution in [-0.2, 0) is 0 Å². The van der Waals surface area contributed by atoms with Gasteiger partial charge in [0, 0.05) is 44.9 Å². The fraction of sp³-hybridized carbons (Fsp3) is 0.696. The summed E-state index contributed by atoms with van der Waals surface area (Å²) in [7, 11) is 0. The monoisotopic (exact) mass is 388 g/mol. The maximum absolute atomic E-state index is 12.9. The number of hydrogen-bond acceptors (Lipinski definition) is 4. The molecular formula is C23H36N2O3. The summed E-state index contributed by atoms with van der Waals surface area (Å²) in [5, 5.41) is 9.41.